The Morgan fingerprint density at radius 2 is 2.24 bits per heavy atom. The van der Waals surface area contributed by atoms with Gasteiger partial charge >= 0.3 is 0 Å². The highest BCUT2D eigenvalue weighted by molar-refractivity contribution is 9.10. The maximum absolute atomic E-state index is 12.1. The van der Waals surface area contributed by atoms with E-state index in [9.17, 15) is 9.90 Å². The lowest BCUT2D eigenvalue weighted by molar-refractivity contribution is -0.123. The van der Waals surface area contributed by atoms with E-state index in [0.717, 1.165) is 17.3 Å². The molecule has 1 saturated heterocycles. The summed E-state index contributed by atoms with van der Waals surface area (Å²) in [6.45, 7) is 1.19. The van der Waals surface area contributed by atoms with Gasteiger partial charge in [0.05, 0.1) is 12.1 Å². The van der Waals surface area contributed by atoms with Crippen LogP contribution in [-0.4, -0.2) is 36.2 Å². The molecule has 1 amide bonds. The molecule has 1 aliphatic heterocycles. The number of halogens is 2. The zero-order valence-electron chi connectivity index (χ0n) is 11.6. The molecule has 2 fully saturated rings. The van der Waals surface area contributed by atoms with E-state index in [1.165, 1.54) is 5.56 Å². The number of hydrogen-bond acceptors (Lipinski definition) is 3. The van der Waals surface area contributed by atoms with Gasteiger partial charge in [-0.1, -0.05) is 28.1 Å². The van der Waals surface area contributed by atoms with Crippen molar-refractivity contribution in [2.24, 2.45) is 0 Å². The molecule has 0 bridgehead atoms. The van der Waals surface area contributed by atoms with Gasteiger partial charge in [-0.3, -0.25) is 4.79 Å². The monoisotopic (exact) mass is 374 g/mol. The number of β-amino-alcohol motifs (C(OH)–C–C–N with tert-alkyl or cyclic N) is 1. The van der Waals surface area contributed by atoms with E-state index in [0.29, 0.717) is 19.5 Å². The number of aliphatic hydroxyl groups excluding tert-OH is 1. The summed E-state index contributed by atoms with van der Waals surface area (Å²) in [5.74, 6) is 0.00261. The van der Waals surface area contributed by atoms with Crippen LogP contribution in [-0.2, 0) is 10.2 Å². The van der Waals surface area contributed by atoms with Crippen molar-refractivity contribution in [3.8, 4) is 0 Å². The standard InChI is InChI=1S/C15H19BrN2O2.ClH/c16-11-3-1-2-10(6-11)15(4-5-15)9-18-14(20)13-7-12(19)8-17-13;/h1-3,6,12-13,17,19H,4-5,7-9H2,(H,18,20);1H. The molecule has 3 N–H and O–H groups in total. The van der Waals surface area contributed by atoms with E-state index in [1.807, 2.05) is 12.1 Å². The highest BCUT2D eigenvalue weighted by Gasteiger charge is 2.44. The van der Waals surface area contributed by atoms with E-state index >= 15 is 0 Å². The fourth-order valence-electron chi connectivity index (χ4n) is 2.83. The van der Waals surface area contributed by atoms with Crippen molar-refractivity contribution in [3.63, 3.8) is 0 Å². The molecule has 0 radical (unpaired) electrons. The van der Waals surface area contributed by atoms with Crippen LogP contribution in [0.5, 0.6) is 0 Å². The molecular weight excluding hydrogens is 356 g/mol. The van der Waals surface area contributed by atoms with Gasteiger partial charge in [-0.2, -0.15) is 0 Å². The van der Waals surface area contributed by atoms with E-state index in [-0.39, 0.29) is 29.8 Å². The molecule has 1 aliphatic carbocycles. The van der Waals surface area contributed by atoms with Gasteiger partial charge in [0.15, 0.2) is 0 Å². The summed E-state index contributed by atoms with van der Waals surface area (Å²) < 4.78 is 1.08. The Morgan fingerprint density at radius 3 is 2.81 bits per heavy atom. The normalized spacial score (nSPS) is 26.0. The minimum Gasteiger partial charge on any atom is -0.392 e. The summed E-state index contributed by atoms with van der Waals surface area (Å²) >= 11 is 3.50. The molecule has 1 saturated carbocycles. The van der Waals surface area contributed by atoms with Crippen LogP contribution in [0, 0.1) is 0 Å². The third-order valence-electron chi connectivity index (χ3n) is 4.32. The third-order valence-corrected chi connectivity index (χ3v) is 4.81. The van der Waals surface area contributed by atoms with Gasteiger partial charge in [-0.25, -0.2) is 0 Å². The Balaban J connectivity index is 0.00000161. The summed E-state index contributed by atoms with van der Waals surface area (Å²) in [6.07, 6.45) is 2.34. The molecule has 4 nitrogen and oxygen atoms in total. The quantitative estimate of drug-likeness (QED) is 0.751. The number of carbonyl (C=O) groups is 1. The number of rotatable bonds is 4. The summed E-state index contributed by atoms with van der Waals surface area (Å²) in [4.78, 5) is 12.1. The highest BCUT2D eigenvalue weighted by Crippen LogP contribution is 2.48. The van der Waals surface area contributed by atoms with Crippen LogP contribution in [0.15, 0.2) is 28.7 Å². The second-order valence-electron chi connectivity index (χ2n) is 5.86. The Kier molecular flexibility index (Phi) is 5.30. The molecule has 1 aromatic rings. The van der Waals surface area contributed by atoms with Crippen LogP contribution in [0.25, 0.3) is 0 Å². The topological polar surface area (TPSA) is 61.4 Å². The maximum Gasteiger partial charge on any atom is 0.237 e. The predicted octanol–water partition coefficient (Wildman–Crippen LogP) is 1.74. The maximum atomic E-state index is 12.1. The molecule has 1 aromatic carbocycles. The Morgan fingerprint density at radius 1 is 1.48 bits per heavy atom. The molecule has 1 heterocycles. The summed E-state index contributed by atoms with van der Waals surface area (Å²) in [7, 11) is 0. The zero-order valence-corrected chi connectivity index (χ0v) is 14.0. The van der Waals surface area contributed by atoms with Crippen LogP contribution in [0.1, 0.15) is 24.8 Å². The molecule has 116 valence electrons. The van der Waals surface area contributed by atoms with Gasteiger partial charge in [-0.15, -0.1) is 12.4 Å². The van der Waals surface area contributed by atoms with Crippen LogP contribution < -0.4 is 10.6 Å². The van der Waals surface area contributed by atoms with Crippen molar-refractivity contribution >= 4 is 34.2 Å². The molecule has 0 spiro atoms. The van der Waals surface area contributed by atoms with Crippen LogP contribution in [0.2, 0.25) is 0 Å². The molecule has 2 unspecified atom stereocenters. The van der Waals surface area contributed by atoms with E-state index in [4.69, 9.17) is 0 Å². The van der Waals surface area contributed by atoms with Crippen LogP contribution in [0.3, 0.4) is 0 Å². The Hall–Kier alpha value is -0.620. The van der Waals surface area contributed by atoms with Gasteiger partial charge in [0.1, 0.15) is 0 Å². The van der Waals surface area contributed by atoms with Crippen molar-refractivity contribution in [1.29, 1.82) is 0 Å². The number of nitrogens with one attached hydrogen (secondary N) is 2. The van der Waals surface area contributed by atoms with Crippen molar-refractivity contribution in [2.45, 2.75) is 36.8 Å². The smallest absolute Gasteiger partial charge is 0.237 e. The average molecular weight is 376 g/mol. The number of aliphatic hydroxyl groups is 1. The van der Waals surface area contributed by atoms with Crippen molar-refractivity contribution < 1.29 is 9.90 Å². The lowest BCUT2D eigenvalue weighted by Gasteiger charge is -2.18. The molecule has 3 rings (SSSR count). The second-order valence-corrected chi connectivity index (χ2v) is 6.77. The molecule has 0 aromatic heterocycles. The van der Waals surface area contributed by atoms with Gasteiger partial charge < -0.3 is 15.7 Å². The van der Waals surface area contributed by atoms with Crippen LogP contribution >= 0.6 is 28.3 Å². The SMILES string of the molecule is Cl.O=C(NCC1(c2cccc(Br)c2)CC1)C1CC(O)CN1. The number of carbonyl (C=O) groups excluding carboxylic acids is 1. The fraction of sp³-hybridized carbons (Fsp3) is 0.533. The van der Waals surface area contributed by atoms with E-state index < -0.39 is 6.10 Å². The van der Waals surface area contributed by atoms with Gasteiger partial charge in [-0.05, 0) is 37.0 Å². The van der Waals surface area contributed by atoms with E-state index in [1.54, 1.807) is 0 Å². The van der Waals surface area contributed by atoms with E-state index in [2.05, 4.69) is 38.7 Å². The van der Waals surface area contributed by atoms with Gasteiger partial charge in [0.2, 0.25) is 5.91 Å². The minimum atomic E-state index is -0.397. The summed E-state index contributed by atoms with van der Waals surface area (Å²) in [6, 6.07) is 8.07. The minimum absolute atomic E-state index is 0. The first-order valence-electron chi connectivity index (χ1n) is 7.04. The number of benzene rings is 1. The first kappa shape index (κ1) is 16.7. The first-order chi connectivity index (χ1) is 9.59. The Bertz CT molecular complexity index is 522. The first-order valence-corrected chi connectivity index (χ1v) is 7.84. The number of amides is 1. The van der Waals surface area contributed by atoms with Crippen molar-refractivity contribution in [2.75, 3.05) is 13.1 Å². The van der Waals surface area contributed by atoms with Crippen molar-refractivity contribution in [1.82, 2.24) is 10.6 Å². The summed E-state index contributed by atoms with van der Waals surface area (Å²) in [5.41, 5.74) is 1.39. The molecule has 6 heteroatoms. The second kappa shape index (κ2) is 6.65. The average Bonchev–Trinajstić information content (AvgIpc) is 3.11. The lowest BCUT2D eigenvalue weighted by atomic mass is 9.96. The van der Waals surface area contributed by atoms with Gasteiger partial charge in [0, 0.05) is 23.0 Å². The highest BCUT2D eigenvalue weighted by atomic mass is 79.9. The largest absolute Gasteiger partial charge is 0.392 e. The fourth-order valence-corrected chi connectivity index (χ4v) is 3.23. The molecule has 2 aliphatic rings. The number of hydrogen-bond donors (Lipinski definition) is 3. The zero-order chi connectivity index (χ0) is 14.2. The molecule has 21 heavy (non-hydrogen) atoms. The lowest BCUT2D eigenvalue weighted by Crippen LogP contribution is -2.43. The van der Waals surface area contributed by atoms with Gasteiger partial charge in [0.25, 0.3) is 0 Å². The molecular formula is C15H20BrClN2O2. The van der Waals surface area contributed by atoms with Crippen molar-refractivity contribution in [3.05, 3.63) is 34.3 Å². The predicted molar refractivity (Wildman–Crippen MR) is 87.7 cm³/mol. The third kappa shape index (κ3) is 3.77. The Labute approximate surface area is 139 Å². The summed E-state index contributed by atoms with van der Waals surface area (Å²) in [5, 5.41) is 15.5. The van der Waals surface area contributed by atoms with Crippen LogP contribution in [0.4, 0.5) is 0 Å². The molecule has 2 atom stereocenters.